The van der Waals surface area contributed by atoms with Crippen LogP contribution in [0.5, 0.6) is 5.88 Å². The molecular weight excluding hydrogens is 262 g/mol. The van der Waals surface area contributed by atoms with Gasteiger partial charge in [-0.25, -0.2) is 9.97 Å². The second-order valence-electron chi connectivity index (χ2n) is 5.24. The van der Waals surface area contributed by atoms with E-state index in [9.17, 15) is 4.55 Å². The molecule has 0 N–H and O–H groups in total. The van der Waals surface area contributed by atoms with Crippen molar-refractivity contribution in [1.82, 2.24) is 9.97 Å². The Morgan fingerprint density at radius 2 is 2.11 bits per heavy atom. The van der Waals surface area contributed by atoms with Crippen LogP contribution in [0.4, 0.5) is 0 Å². The highest BCUT2D eigenvalue weighted by Gasteiger charge is 2.26. The maximum absolute atomic E-state index is 11.9. The summed E-state index contributed by atoms with van der Waals surface area (Å²) in [6.45, 7) is 7.63. The van der Waals surface area contributed by atoms with E-state index in [0.717, 1.165) is 24.2 Å². The monoisotopic (exact) mass is 283 g/mol. The Morgan fingerprint density at radius 1 is 1.42 bits per heavy atom. The first-order valence-electron chi connectivity index (χ1n) is 6.14. The largest absolute Gasteiger partial charge is 0.591 e. The van der Waals surface area contributed by atoms with E-state index in [1.807, 2.05) is 27.7 Å². The molecule has 0 bridgehead atoms. The molecule has 106 valence electrons. The van der Waals surface area contributed by atoms with Crippen LogP contribution in [0.15, 0.2) is 16.8 Å². The summed E-state index contributed by atoms with van der Waals surface area (Å²) in [5, 5.41) is 0. The molecule has 1 heterocycles. The number of nitrogens with zero attached hydrogens (tertiary/aromatic N) is 3. The van der Waals surface area contributed by atoms with E-state index in [1.54, 1.807) is 13.2 Å². The lowest BCUT2D eigenvalue weighted by atomic mass is 10.2. The van der Waals surface area contributed by atoms with Crippen LogP contribution in [-0.2, 0) is 17.8 Å². The van der Waals surface area contributed by atoms with Gasteiger partial charge in [0, 0.05) is 11.8 Å². The van der Waals surface area contributed by atoms with Crippen molar-refractivity contribution in [3.05, 3.63) is 18.1 Å². The molecule has 1 aromatic heterocycles. The van der Waals surface area contributed by atoms with Crippen molar-refractivity contribution in [3.63, 3.8) is 0 Å². The molecule has 0 fully saturated rings. The molecule has 0 aliphatic rings. The third-order valence-corrected chi connectivity index (χ3v) is 3.94. The van der Waals surface area contributed by atoms with Crippen molar-refractivity contribution in [2.45, 2.75) is 45.3 Å². The van der Waals surface area contributed by atoms with Gasteiger partial charge >= 0.3 is 0 Å². The smallest absolute Gasteiger partial charge is 0.216 e. The molecule has 1 unspecified atom stereocenters. The van der Waals surface area contributed by atoms with Crippen LogP contribution >= 0.6 is 0 Å². The van der Waals surface area contributed by atoms with Crippen LogP contribution in [0.25, 0.3) is 0 Å². The quantitative estimate of drug-likeness (QED) is 0.614. The highest BCUT2D eigenvalue weighted by molar-refractivity contribution is 7.91. The molecule has 0 amide bonds. The van der Waals surface area contributed by atoms with Crippen molar-refractivity contribution in [2.75, 3.05) is 7.11 Å². The lowest BCUT2D eigenvalue weighted by Crippen LogP contribution is -2.26. The zero-order chi connectivity index (χ0) is 14.5. The molecule has 0 aromatic carbocycles. The Bertz CT molecular complexity index is 444. The van der Waals surface area contributed by atoms with Gasteiger partial charge in [0.1, 0.15) is 22.4 Å². The summed E-state index contributed by atoms with van der Waals surface area (Å²) >= 11 is -1.20. The predicted octanol–water partition coefficient (Wildman–Crippen LogP) is 2.34. The van der Waals surface area contributed by atoms with Gasteiger partial charge in [0.15, 0.2) is 0 Å². The van der Waals surface area contributed by atoms with Crippen LogP contribution in [0, 0.1) is 0 Å². The summed E-state index contributed by atoms with van der Waals surface area (Å²) in [4.78, 5) is 8.12. The number of hydrogen-bond acceptors (Lipinski definition) is 5. The minimum atomic E-state index is -1.20. The van der Waals surface area contributed by atoms with E-state index >= 15 is 0 Å². The molecule has 1 rings (SSSR count). The van der Waals surface area contributed by atoms with Gasteiger partial charge in [0.2, 0.25) is 5.88 Å². The maximum Gasteiger partial charge on any atom is 0.216 e. The minimum absolute atomic E-state index is 0.320. The number of rotatable bonds is 5. The summed E-state index contributed by atoms with van der Waals surface area (Å²) in [6.07, 6.45) is 2.94. The highest BCUT2D eigenvalue weighted by atomic mass is 32.2. The molecule has 5 nitrogen and oxygen atoms in total. The third-order valence-electron chi connectivity index (χ3n) is 2.41. The number of methoxy groups -OCH3 is 1. The Labute approximate surface area is 117 Å². The second kappa shape index (κ2) is 6.86. The average molecular weight is 283 g/mol. The zero-order valence-corrected chi connectivity index (χ0v) is 13.0. The van der Waals surface area contributed by atoms with Gasteiger partial charge in [-0.1, -0.05) is 4.40 Å². The van der Waals surface area contributed by atoms with Crippen LogP contribution in [-0.4, -0.2) is 32.1 Å². The Balaban J connectivity index is 2.58. The Morgan fingerprint density at radius 3 is 2.68 bits per heavy atom. The normalized spacial score (nSPS) is 14.3. The van der Waals surface area contributed by atoms with Gasteiger partial charge in [0.05, 0.1) is 12.8 Å². The topological polar surface area (TPSA) is 70.4 Å². The maximum atomic E-state index is 11.9. The van der Waals surface area contributed by atoms with E-state index in [0.29, 0.717) is 5.88 Å². The van der Waals surface area contributed by atoms with Gasteiger partial charge in [-0.05, 0) is 40.5 Å². The number of aromatic nitrogens is 2. The van der Waals surface area contributed by atoms with Gasteiger partial charge in [-0.2, -0.15) is 0 Å². The van der Waals surface area contributed by atoms with E-state index < -0.39 is 11.4 Å². The zero-order valence-electron chi connectivity index (χ0n) is 12.1. The van der Waals surface area contributed by atoms with E-state index in [1.165, 1.54) is 6.33 Å². The third kappa shape index (κ3) is 5.57. The summed E-state index contributed by atoms with van der Waals surface area (Å²) in [6, 6.07) is 1.80. The molecule has 0 saturated heterocycles. The first-order chi connectivity index (χ1) is 8.82. The molecule has 0 saturated carbocycles. The lowest BCUT2D eigenvalue weighted by molar-refractivity contribution is 0.396. The predicted molar refractivity (Wildman–Crippen MR) is 77.9 cm³/mol. The van der Waals surface area contributed by atoms with Crippen LogP contribution in [0.1, 0.15) is 39.8 Å². The fourth-order valence-corrected chi connectivity index (χ4v) is 1.91. The molecule has 0 aliphatic carbocycles. The van der Waals surface area contributed by atoms with E-state index in [2.05, 4.69) is 14.4 Å². The molecule has 0 radical (unpaired) electrons. The van der Waals surface area contributed by atoms with Crippen LogP contribution in [0.3, 0.4) is 0 Å². The summed E-state index contributed by atoms with van der Waals surface area (Å²) in [5.41, 5.74) is 1.76. The fourth-order valence-electron chi connectivity index (χ4n) is 1.26. The number of hydrogen-bond donors (Lipinski definition) is 0. The van der Waals surface area contributed by atoms with Crippen molar-refractivity contribution < 1.29 is 9.29 Å². The second-order valence-corrected chi connectivity index (χ2v) is 7.15. The highest BCUT2D eigenvalue weighted by Crippen LogP contribution is 2.18. The minimum Gasteiger partial charge on any atom is -0.591 e. The van der Waals surface area contributed by atoms with Gasteiger partial charge in [-0.3, -0.25) is 0 Å². The summed E-state index contributed by atoms with van der Waals surface area (Å²) < 4.78 is 20.8. The fraction of sp³-hybridized carbons (Fsp3) is 0.615. The molecular formula is C13H21N3O2S. The average Bonchev–Trinajstić information content (AvgIpc) is 2.35. The van der Waals surface area contributed by atoms with Gasteiger partial charge in [0.25, 0.3) is 0 Å². The first kappa shape index (κ1) is 15.9. The molecule has 1 atom stereocenters. The molecule has 19 heavy (non-hydrogen) atoms. The van der Waals surface area contributed by atoms with Crippen molar-refractivity contribution in [1.29, 1.82) is 0 Å². The SMILES string of the molecule is COc1cc(CCC(C)=N[S+]([O-])C(C)(C)C)ncn1. The number of ether oxygens (including phenoxy) is 1. The Kier molecular flexibility index (Phi) is 5.75. The van der Waals surface area contributed by atoms with E-state index in [-0.39, 0.29) is 4.75 Å². The first-order valence-corrected chi connectivity index (χ1v) is 7.24. The molecule has 6 heteroatoms. The van der Waals surface area contributed by atoms with E-state index in [4.69, 9.17) is 4.74 Å². The van der Waals surface area contributed by atoms with Gasteiger partial charge in [-0.15, -0.1) is 0 Å². The summed E-state index contributed by atoms with van der Waals surface area (Å²) in [5.74, 6) is 0.554. The van der Waals surface area contributed by atoms with Crippen molar-refractivity contribution in [3.8, 4) is 5.88 Å². The molecule has 1 aromatic rings. The van der Waals surface area contributed by atoms with Crippen molar-refractivity contribution >= 4 is 17.1 Å². The van der Waals surface area contributed by atoms with Gasteiger partial charge < -0.3 is 9.29 Å². The molecule has 0 spiro atoms. The summed E-state index contributed by atoms with van der Waals surface area (Å²) in [7, 11) is 1.57. The van der Waals surface area contributed by atoms with Crippen LogP contribution < -0.4 is 4.74 Å². The lowest BCUT2D eigenvalue weighted by Gasteiger charge is -2.18. The number of aryl methyl sites for hydroxylation is 1. The van der Waals surface area contributed by atoms with Crippen molar-refractivity contribution in [2.24, 2.45) is 4.40 Å². The standard InChI is InChI=1S/C13H21N3O2S/c1-10(16-19(17)13(2,3)4)6-7-11-8-12(18-5)15-9-14-11/h8-9H,6-7H2,1-5H3. The molecule has 0 aliphatic heterocycles. The Hall–Kier alpha value is -1.14. The van der Waals surface area contributed by atoms with Crippen LogP contribution in [0.2, 0.25) is 0 Å².